The Hall–Kier alpha value is -2.89. The molecule has 2 fully saturated rings. The number of nitrogens with one attached hydrogen (secondary N) is 2. The molecule has 2 amide bonds. The molecule has 5 rings (SSSR count). The second-order valence-corrected chi connectivity index (χ2v) is 11.7. The van der Waals surface area contributed by atoms with Crippen molar-refractivity contribution in [2.75, 3.05) is 39.0 Å². The zero-order valence-corrected chi connectivity index (χ0v) is 23.4. The topological polar surface area (TPSA) is 101 Å². The van der Waals surface area contributed by atoms with E-state index in [0.717, 1.165) is 29.3 Å². The van der Waals surface area contributed by atoms with E-state index in [1.807, 2.05) is 52.2 Å². The van der Waals surface area contributed by atoms with E-state index in [9.17, 15) is 9.59 Å². The fraction of sp³-hybridized carbons (Fsp3) is 0.481. The van der Waals surface area contributed by atoms with E-state index in [4.69, 9.17) is 4.74 Å². The van der Waals surface area contributed by atoms with Crippen molar-refractivity contribution >= 4 is 34.9 Å². The first-order chi connectivity index (χ1) is 18.5. The fourth-order valence-corrected chi connectivity index (χ4v) is 6.89. The molecule has 0 saturated carbocycles. The zero-order chi connectivity index (χ0) is 26.5. The first kappa shape index (κ1) is 26.7. The minimum atomic E-state index is -0.873. The average molecular weight is 555 g/mol. The molecule has 0 bridgehead atoms. The molecule has 3 aromatic rings. The number of rotatable bonds is 8. The maximum Gasteiger partial charge on any atom is 0.248 e. The lowest BCUT2D eigenvalue weighted by Gasteiger charge is -2.42. The summed E-state index contributed by atoms with van der Waals surface area (Å²) in [6.45, 7) is 2.74. The number of thiophene rings is 1. The highest BCUT2D eigenvalue weighted by molar-refractivity contribution is 7.99. The minimum absolute atomic E-state index is 0.0365. The van der Waals surface area contributed by atoms with Crippen molar-refractivity contribution in [1.82, 2.24) is 30.3 Å². The molecule has 1 aromatic carbocycles. The van der Waals surface area contributed by atoms with Crippen LogP contribution in [0.4, 0.5) is 0 Å². The Morgan fingerprint density at radius 2 is 1.92 bits per heavy atom. The number of carbonyl (C=O) groups is 2. The highest BCUT2D eigenvalue weighted by Crippen LogP contribution is 2.35. The van der Waals surface area contributed by atoms with Gasteiger partial charge in [0.25, 0.3) is 0 Å². The number of carbonyl (C=O) groups excluding carboxylic acids is 2. The number of ether oxygens (including phenoxy) is 1. The highest BCUT2D eigenvalue weighted by atomic mass is 32.2. The Balaban J connectivity index is 1.21. The molecule has 11 heteroatoms. The SMILES string of the molecule is COc1ccccc1C1CCN(C(=O)C2(NC(=O)CSc3nnc(-c4cccs4)n3C)CCNCC2)CC1. The Bertz CT molecular complexity index is 1250. The quantitative estimate of drug-likeness (QED) is 0.412. The van der Waals surface area contributed by atoms with Crippen molar-refractivity contribution in [2.45, 2.75) is 42.3 Å². The van der Waals surface area contributed by atoms with Crippen LogP contribution in [0.15, 0.2) is 46.9 Å². The lowest BCUT2D eigenvalue weighted by atomic mass is 9.84. The molecule has 2 aliphatic rings. The van der Waals surface area contributed by atoms with Crippen LogP contribution in [0.25, 0.3) is 10.7 Å². The van der Waals surface area contributed by atoms with Gasteiger partial charge in [0.1, 0.15) is 11.3 Å². The maximum absolute atomic E-state index is 13.9. The number of amides is 2. The van der Waals surface area contributed by atoms with Gasteiger partial charge in [0.05, 0.1) is 17.7 Å². The normalized spacial score (nSPS) is 17.8. The van der Waals surface area contributed by atoms with E-state index < -0.39 is 5.54 Å². The van der Waals surface area contributed by atoms with Gasteiger partial charge < -0.3 is 24.8 Å². The van der Waals surface area contributed by atoms with E-state index in [0.29, 0.717) is 50.1 Å². The Morgan fingerprint density at radius 1 is 1.16 bits per heavy atom. The second-order valence-electron chi connectivity index (χ2n) is 9.82. The monoisotopic (exact) mass is 554 g/mol. The number of likely N-dealkylation sites (tertiary alicyclic amines) is 1. The molecule has 2 aliphatic heterocycles. The van der Waals surface area contributed by atoms with E-state index in [1.165, 1.54) is 17.3 Å². The highest BCUT2D eigenvalue weighted by Gasteiger charge is 2.44. The largest absolute Gasteiger partial charge is 0.496 e. The standard InChI is InChI=1S/C27H34N6O3S2/c1-32-24(22-8-5-17-37-22)30-31-26(32)38-18-23(34)29-27(11-13-28-14-12-27)25(35)33-15-9-19(10-16-33)20-6-3-4-7-21(20)36-2/h3-8,17,19,28H,9-16,18H2,1-2H3,(H,29,34). The van der Waals surface area contributed by atoms with Gasteiger partial charge in [-0.2, -0.15) is 0 Å². The van der Waals surface area contributed by atoms with Crippen LogP contribution in [0.2, 0.25) is 0 Å². The predicted octanol–water partition coefficient (Wildman–Crippen LogP) is 3.29. The summed E-state index contributed by atoms with van der Waals surface area (Å²) in [5.74, 6) is 2.10. The minimum Gasteiger partial charge on any atom is -0.496 e. The number of para-hydroxylation sites is 1. The third-order valence-electron chi connectivity index (χ3n) is 7.51. The van der Waals surface area contributed by atoms with Crippen LogP contribution < -0.4 is 15.4 Å². The van der Waals surface area contributed by atoms with Crippen LogP contribution >= 0.6 is 23.1 Å². The Morgan fingerprint density at radius 3 is 2.63 bits per heavy atom. The van der Waals surface area contributed by atoms with Gasteiger partial charge in [-0.25, -0.2) is 0 Å². The molecular formula is C27H34N6O3S2. The number of piperidine rings is 2. The van der Waals surface area contributed by atoms with Gasteiger partial charge in [-0.05, 0) is 67.8 Å². The first-order valence-electron chi connectivity index (χ1n) is 13.0. The van der Waals surface area contributed by atoms with Crippen molar-refractivity contribution < 1.29 is 14.3 Å². The summed E-state index contributed by atoms with van der Waals surface area (Å²) in [4.78, 5) is 30.0. The van der Waals surface area contributed by atoms with E-state index in [2.05, 4.69) is 26.9 Å². The van der Waals surface area contributed by atoms with E-state index in [-0.39, 0.29) is 17.6 Å². The summed E-state index contributed by atoms with van der Waals surface area (Å²) < 4.78 is 7.47. The summed E-state index contributed by atoms with van der Waals surface area (Å²) in [7, 11) is 3.61. The summed E-state index contributed by atoms with van der Waals surface area (Å²) in [6.07, 6.45) is 2.92. The summed E-state index contributed by atoms with van der Waals surface area (Å²) in [5, 5.41) is 17.7. The first-order valence-corrected chi connectivity index (χ1v) is 14.9. The molecule has 4 heterocycles. The third-order valence-corrected chi connectivity index (χ3v) is 9.40. The number of hydrogen-bond donors (Lipinski definition) is 2. The lowest BCUT2D eigenvalue weighted by molar-refractivity contribution is -0.143. The summed E-state index contributed by atoms with van der Waals surface area (Å²) >= 11 is 2.94. The zero-order valence-electron chi connectivity index (χ0n) is 21.8. The van der Waals surface area contributed by atoms with Gasteiger partial charge in [-0.3, -0.25) is 9.59 Å². The smallest absolute Gasteiger partial charge is 0.248 e. The molecule has 2 saturated heterocycles. The van der Waals surface area contributed by atoms with Gasteiger partial charge in [-0.1, -0.05) is 36.0 Å². The van der Waals surface area contributed by atoms with Crippen molar-refractivity contribution in [3.8, 4) is 16.5 Å². The molecule has 9 nitrogen and oxygen atoms in total. The second kappa shape index (κ2) is 11.9. The number of benzene rings is 1. The molecule has 0 aliphatic carbocycles. The third kappa shape index (κ3) is 5.60. The molecular weight excluding hydrogens is 520 g/mol. The molecule has 0 atom stereocenters. The van der Waals surface area contributed by atoms with Gasteiger partial charge in [-0.15, -0.1) is 21.5 Å². The van der Waals surface area contributed by atoms with Crippen LogP contribution in [0.5, 0.6) is 5.75 Å². The number of hydrogen-bond acceptors (Lipinski definition) is 8. The van der Waals surface area contributed by atoms with Gasteiger partial charge in [0.2, 0.25) is 11.8 Å². The lowest BCUT2D eigenvalue weighted by Crippen LogP contribution is -2.64. The number of methoxy groups -OCH3 is 1. The van der Waals surface area contributed by atoms with Crippen molar-refractivity contribution in [3.63, 3.8) is 0 Å². The van der Waals surface area contributed by atoms with E-state index >= 15 is 0 Å². The van der Waals surface area contributed by atoms with Gasteiger partial charge >= 0.3 is 0 Å². The molecule has 2 N–H and O–H groups in total. The number of nitrogens with zero attached hydrogens (tertiary/aromatic N) is 4. The Labute approximate surface area is 231 Å². The van der Waals surface area contributed by atoms with Crippen LogP contribution in [0.1, 0.15) is 37.2 Å². The molecule has 202 valence electrons. The number of thioether (sulfide) groups is 1. The molecule has 0 radical (unpaired) electrons. The maximum atomic E-state index is 13.9. The van der Waals surface area contributed by atoms with Crippen molar-refractivity contribution in [3.05, 3.63) is 47.3 Å². The van der Waals surface area contributed by atoms with Gasteiger partial charge in [0.15, 0.2) is 11.0 Å². The predicted molar refractivity (Wildman–Crippen MR) is 150 cm³/mol. The van der Waals surface area contributed by atoms with Crippen LogP contribution in [0.3, 0.4) is 0 Å². The Kier molecular flexibility index (Phi) is 8.35. The van der Waals surface area contributed by atoms with E-state index in [1.54, 1.807) is 18.4 Å². The fourth-order valence-electron chi connectivity index (χ4n) is 5.44. The van der Waals surface area contributed by atoms with Crippen LogP contribution in [0, 0.1) is 0 Å². The van der Waals surface area contributed by atoms with Gasteiger partial charge in [0, 0.05) is 20.1 Å². The van der Waals surface area contributed by atoms with Crippen LogP contribution in [-0.2, 0) is 16.6 Å². The molecule has 0 spiro atoms. The molecule has 38 heavy (non-hydrogen) atoms. The van der Waals surface area contributed by atoms with Crippen LogP contribution in [-0.4, -0.2) is 76.1 Å². The molecule has 0 unspecified atom stereocenters. The summed E-state index contributed by atoms with van der Waals surface area (Å²) in [5.41, 5.74) is 0.331. The molecule has 2 aromatic heterocycles. The summed E-state index contributed by atoms with van der Waals surface area (Å²) in [6, 6.07) is 12.1. The average Bonchev–Trinajstić information content (AvgIpc) is 3.62. The van der Waals surface area contributed by atoms with Crippen molar-refractivity contribution in [1.29, 1.82) is 0 Å². The van der Waals surface area contributed by atoms with Crippen molar-refractivity contribution in [2.24, 2.45) is 7.05 Å². The number of aromatic nitrogens is 3.